The summed E-state index contributed by atoms with van der Waals surface area (Å²) < 4.78 is 48.6. The summed E-state index contributed by atoms with van der Waals surface area (Å²) in [6, 6.07) is 9.28. The molecule has 1 saturated carbocycles. The van der Waals surface area contributed by atoms with Crippen molar-refractivity contribution in [1.82, 2.24) is 14.4 Å². The van der Waals surface area contributed by atoms with Crippen LogP contribution in [0.15, 0.2) is 47.4 Å². The zero-order chi connectivity index (χ0) is 33.2. The lowest BCUT2D eigenvalue weighted by Crippen LogP contribution is -2.57. The molecule has 0 N–H and O–H groups in total. The fourth-order valence-corrected chi connectivity index (χ4v) is 5.72. The molecule has 1 aliphatic carbocycles. The van der Waals surface area contributed by atoms with E-state index in [1.807, 2.05) is 30.3 Å². The maximum absolute atomic E-state index is 15.6. The molecular weight excluding hydrogens is 600 g/mol. The molecule has 0 unspecified atom stereocenters. The van der Waals surface area contributed by atoms with E-state index in [1.54, 1.807) is 32.3 Å². The second-order valence-corrected chi connectivity index (χ2v) is 12.6. The van der Waals surface area contributed by atoms with E-state index in [9.17, 15) is 19.2 Å². The van der Waals surface area contributed by atoms with Gasteiger partial charge in [-0.25, -0.2) is 23.2 Å². The number of benzene rings is 2. The summed E-state index contributed by atoms with van der Waals surface area (Å²) >= 11 is 0. The van der Waals surface area contributed by atoms with E-state index in [1.165, 1.54) is 16.0 Å². The summed E-state index contributed by atoms with van der Waals surface area (Å²) in [5, 5.41) is -0.121. The predicted molar refractivity (Wildman–Crippen MR) is 166 cm³/mol. The Morgan fingerprint density at radius 1 is 1.00 bits per heavy atom. The summed E-state index contributed by atoms with van der Waals surface area (Å²) in [7, 11) is 0. The molecule has 1 atom stereocenters. The van der Waals surface area contributed by atoms with Gasteiger partial charge in [-0.3, -0.25) is 4.79 Å². The Balaban J connectivity index is 1.47. The monoisotopic (exact) mass is 639 g/mol. The Bertz CT molecular complexity index is 1680. The van der Waals surface area contributed by atoms with Gasteiger partial charge in [0.1, 0.15) is 17.8 Å². The van der Waals surface area contributed by atoms with Crippen molar-refractivity contribution in [1.29, 1.82) is 0 Å². The van der Waals surface area contributed by atoms with Crippen LogP contribution in [0.4, 0.5) is 18.4 Å². The van der Waals surface area contributed by atoms with E-state index in [2.05, 4.69) is 0 Å². The average Bonchev–Trinajstić information content (AvgIpc) is 3.86. The van der Waals surface area contributed by atoms with Gasteiger partial charge < -0.3 is 28.6 Å². The molecule has 0 bridgehead atoms. The molecule has 5 rings (SSSR count). The van der Waals surface area contributed by atoms with E-state index < -0.39 is 46.9 Å². The normalized spacial score (nSPS) is 16.8. The number of esters is 1. The smallest absolute Gasteiger partial charge is 0.410 e. The van der Waals surface area contributed by atoms with Crippen LogP contribution in [0.3, 0.4) is 0 Å². The number of nitrogens with zero attached hydrogens (tertiary/aromatic N) is 3. The minimum Gasteiger partial charge on any atom is -0.462 e. The number of hydrogen-bond donors (Lipinski definition) is 0. The van der Waals surface area contributed by atoms with Crippen molar-refractivity contribution >= 4 is 29.1 Å². The number of amides is 2. The molecule has 12 heteroatoms. The van der Waals surface area contributed by atoms with Crippen molar-refractivity contribution in [3.63, 3.8) is 0 Å². The summed E-state index contributed by atoms with van der Waals surface area (Å²) in [5.74, 6) is -3.16. The molecule has 46 heavy (non-hydrogen) atoms. The first-order valence-electron chi connectivity index (χ1n) is 15.6. The first-order chi connectivity index (χ1) is 21.9. The standard InChI is InChI=1S/C34H39F2N3O7/c1-5-44-31(41)26-19-39(22-11-12-22)29-24(28(36)27(35)17-25(29)30(26)40)14-13-23-18-37(32(42)46-34(2,3)4)15-16-38(23)33(43)45-20-21-9-7-6-8-10-21/h6-10,17,19,22-23H,5,11-16,18,20H2,1-4H3/t23-/m1/s1. The minimum absolute atomic E-state index is 0.0400. The zero-order valence-corrected chi connectivity index (χ0v) is 26.5. The Morgan fingerprint density at radius 2 is 1.72 bits per heavy atom. The molecule has 2 amide bonds. The summed E-state index contributed by atoms with van der Waals surface area (Å²) in [4.78, 5) is 55.3. The SMILES string of the molecule is CCOC(=O)c1cn(C2CC2)c2c(CC[C@@H]3CN(C(=O)OC(C)(C)C)CCN3C(=O)OCc3ccccc3)c(F)c(F)cc2c1=O. The lowest BCUT2D eigenvalue weighted by atomic mass is 9.98. The number of piperazine rings is 1. The van der Waals surface area contributed by atoms with Crippen molar-refractivity contribution in [2.24, 2.45) is 0 Å². The largest absolute Gasteiger partial charge is 0.462 e. The quantitative estimate of drug-likeness (QED) is 0.220. The molecule has 2 aromatic carbocycles. The van der Waals surface area contributed by atoms with Gasteiger partial charge in [0.25, 0.3) is 0 Å². The number of carbonyl (C=O) groups excluding carboxylic acids is 3. The molecule has 1 aromatic heterocycles. The van der Waals surface area contributed by atoms with Crippen molar-refractivity contribution < 1.29 is 37.4 Å². The maximum Gasteiger partial charge on any atom is 0.410 e. The van der Waals surface area contributed by atoms with Gasteiger partial charge in [0.2, 0.25) is 5.43 Å². The Kier molecular flexibility index (Phi) is 9.64. The summed E-state index contributed by atoms with van der Waals surface area (Å²) in [5.41, 5.74) is -0.764. The van der Waals surface area contributed by atoms with Gasteiger partial charge in [-0.2, -0.15) is 0 Å². The topological polar surface area (TPSA) is 107 Å². The highest BCUT2D eigenvalue weighted by atomic mass is 19.2. The molecule has 2 fully saturated rings. The number of halogens is 2. The van der Waals surface area contributed by atoms with Crippen LogP contribution in [0.2, 0.25) is 0 Å². The van der Waals surface area contributed by atoms with E-state index in [4.69, 9.17) is 14.2 Å². The van der Waals surface area contributed by atoms with Gasteiger partial charge in [0, 0.05) is 42.8 Å². The van der Waals surface area contributed by atoms with Crippen LogP contribution >= 0.6 is 0 Å². The van der Waals surface area contributed by atoms with Gasteiger partial charge in [0.05, 0.1) is 18.2 Å². The van der Waals surface area contributed by atoms with E-state index in [-0.39, 0.29) is 73.8 Å². The molecule has 10 nitrogen and oxygen atoms in total. The molecule has 1 saturated heterocycles. The van der Waals surface area contributed by atoms with Crippen LogP contribution in [0.1, 0.15) is 74.5 Å². The highest BCUT2D eigenvalue weighted by molar-refractivity contribution is 5.94. The Hall–Kier alpha value is -4.48. The molecule has 1 aliphatic heterocycles. The number of carbonyl (C=O) groups is 3. The number of pyridine rings is 1. The van der Waals surface area contributed by atoms with Gasteiger partial charge in [-0.05, 0) is 65.0 Å². The number of ether oxygens (including phenoxy) is 3. The first-order valence-corrected chi connectivity index (χ1v) is 15.6. The van der Waals surface area contributed by atoms with Crippen LogP contribution < -0.4 is 5.43 Å². The zero-order valence-electron chi connectivity index (χ0n) is 26.5. The second-order valence-electron chi connectivity index (χ2n) is 12.6. The lowest BCUT2D eigenvalue weighted by Gasteiger charge is -2.41. The van der Waals surface area contributed by atoms with Crippen molar-refractivity contribution in [2.75, 3.05) is 26.2 Å². The average molecular weight is 640 g/mol. The van der Waals surface area contributed by atoms with Crippen LogP contribution in [0, 0.1) is 11.6 Å². The number of aromatic nitrogens is 1. The fraction of sp³-hybridized carbons (Fsp3) is 0.471. The Morgan fingerprint density at radius 3 is 2.37 bits per heavy atom. The van der Waals surface area contributed by atoms with Crippen LogP contribution in [-0.4, -0.2) is 70.4 Å². The second kappa shape index (κ2) is 13.5. The van der Waals surface area contributed by atoms with Crippen LogP contribution in [0.5, 0.6) is 0 Å². The molecule has 3 aromatic rings. The Labute approximate surface area is 265 Å². The molecule has 246 valence electrons. The van der Waals surface area contributed by atoms with Gasteiger partial charge in [-0.15, -0.1) is 0 Å². The third-order valence-electron chi connectivity index (χ3n) is 8.04. The lowest BCUT2D eigenvalue weighted by molar-refractivity contribution is 0.000158. The van der Waals surface area contributed by atoms with Crippen molar-refractivity contribution in [3.05, 3.63) is 81.1 Å². The fourth-order valence-electron chi connectivity index (χ4n) is 5.72. The number of fused-ring (bicyclic) bond motifs is 1. The summed E-state index contributed by atoms with van der Waals surface area (Å²) in [6.07, 6.45) is 1.76. The highest BCUT2D eigenvalue weighted by Gasteiger charge is 2.36. The number of aryl methyl sites for hydroxylation is 1. The third kappa shape index (κ3) is 7.32. The predicted octanol–water partition coefficient (Wildman–Crippen LogP) is 5.98. The minimum atomic E-state index is -1.22. The van der Waals surface area contributed by atoms with Gasteiger partial charge >= 0.3 is 18.2 Å². The van der Waals surface area contributed by atoms with Crippen molar-refractivity contribution in [3.8, 4) is 0 Å². The van der Waals surface area contributed by atoms with Crippen molar-refractivity contribution in [2.45, 2.75) is 77.7 Å². The summed E-state index contributed by atoms with van der Waals surface area (Å²) in [6.45, 7) is 7.38. The molecule has 2 aliphatic rings. The third-order valence-corrected chi connectivity index (χ3v) is 8.04. The molecule has 0 spiro atoms. The van der Waals surface area contributed by atoms with E-state index in [0.717, 1.165) is 24.5 Å². The van der Waals surface area contributed by atoms with Gasteiger partial charge in [-0.1, -0.05) is 30.3 Å². The molecular formula is C34H39F2N3O7. The number of hydrogen-bond acceptors (Lipinski definition) is 7. The maximum atomic E-state index is 15.6. The van der Waals surface area contributed by atoms with Crippen LogP contribution in [0.25, 0.3) is 10.9 Å². The highest BCUT2D eigenvalue weighted by Crippen LogP contribution is 2.39. The van der Waals surface area contributed by atoms with Crippen LogP contribution in [-0.2, 0) is 27.2 Å². The molecule has 2 heterocycles. The van der Waals surface area contributed by atoms with Gasteiger partial charge in [0.15, 0.2) is 11.6 Å². The first kappa shape index (κ1) is 32.9. The number of rotatable bonds is 8. The molecule has 0 radical (unpaired) electrons. The van der Waals surface area contributed by atoms with E-state index in [0.29, 0.717) is 0 Å². The van der Waals surface area contributed by atoms with E-state index >= 15 is 8.78 Å².